The van der Waals surface area contributed by atoms with Crippen LogP contribution in [0, 0.1) is 5.92 Å². The zero-order valence-electron chi connectivity index (χ0n) is 11.0. The molecule has 5 heteroatoms. The molecule has 0 spiro atoms. The summed E-state index contributed by atoms with van der Waals surface area (Å²) in [5.41, 5.74) is 1.11. The molecule has 0 aliphatic heterocycles. The largest absolute Gasteiger partial charge is 0.481 e. The molecule has 1 aromatic carbocycles. The van der Waals surface area contributed by atoms with Crippen molar-refractivity contribution < 1.29 is 19.8 Å². The summed E-state index contributed by atoms with van der Waals surface area (Å²) in [6, 6.07) is 9.72. The maximum absolute atomic E-state index is 10.8. The Hall–Kier alpha value is -1.88. The van der Waals surface area contributed by atoms with Crippen molar-refractivity contribution in [3.63, 3.8) is 0 Å². The van der Waals surface area contributed by atoms with Crippen molar-refractivity contribution in [2.24, 2.45) is 5.92 Å². The van der Waals surface area contributed by atoms with Gasteiger partial charge in [0.2, 0.25) is 0 Å². The number of benzene rings is 1. The summed E-state index contributed by atoms with van der Waals surface area (Å²) < 4.78 is 0. The van der Waals surface area contributed by atoms with Crippen molar-refractivity contribution in [1.82, 2.24) is 4.90 Å². The van der Waals surface area contributed by atoms with Crippen LogP contribution in [-0.4, -0.2) is 46.7 Å². The summed E-state index contributed by atoms with van der Waals surface area (Å²) in [6.45, 7) is 2.23. The fourth-order valence-electron chi connectivity index (χ4n) is 1.82. The molecule has 19 heavy (non-hydrogen) atoms. The van der Waals surface area contributed by atoms with Crippen LogP contribution in [-0.2, 0) is 16.0 Å². The van der Waals surface area contributed by atoms with Gasteiger partial charge in [0.15, 0.2) is 0 Å². The Bertz CT molecular complexity index is 419. The normalized spacial score (nSPS) is 12.3. The number of hydrogen-bond acceptors (Lipinski definition) is 3. The molecule has 1 rings (SSSR count). The van der Waals surface area contributed by atoms with E-state index in [1.807, 2.05) is 30.3 Å². The Balaban J connectivity index is 2.54. The maximum atomic E-state index is 10.8. The first-order chi connectivity index (χ1) is 8.99. The number of carboxylic acids is 2. The Labute approximate surface area is 112 Å². The van der Waals surface area contributed by atoms with Crippen LogP contribution in [0.2, 0.25) is 0 Å². The van der Waals surface area contributed by atoms with Crippen molar-refractivity contribution in [3.05, 3.63) is 35.9 Å². The molecule has 0 fully saturated rings. The smallest absolute Gasteiger partial charge is 0.317 e. The van der Waals surface area contributed by atoms with Gasteiger partial charge in [-0.1, -0.05) is 37.3 Å². The molecule has 1 atom stereocenters. The fraction of sp³-hybridized carbons (Fsp3) is 0.429. The van der Waals surface area contributed by atoms with E-state index in [9.17, 15) is 9.59 Å². The lowest BCUT2D eigenvalue weighted by atomic mass is 10.1. The van der Waals surface area contributed by atoms with Crippen molar-refractivity contribution >= 4 is 11.9 Å². The van der Waals surface area contributed by atoms with Crippen LogP contribution < -0.4 is 0 Å². The molecule has 0 aliphatic rings. The van der Waals surface area contributed by atoms with E-state index in [0.717, 1.165) is 5.56 Å². The lowest BCUT2D eigenvalue weighted by Gasteiger charge is -2.22. The second-order valence-electron chi connectivity index (χ2n) is 4.60. The van der Waals surface area contributed by atoms with Crippen LogP contribution in [0.1, 0.15) is 12.5 Å². The minimum Gasteiger partial charge on any atom is -0.481 e. The fourth-order valence-corrected chi connectivity index (χ4v) is 1.82. The first-order valence-electron chi connectivity index (χ1n) is 6.20. The minimum atomic E-state index is -0.939. The number of rotatable bonds is 8. The van der Waals surface area contributed by atoms with Crippen LogP contribution in [0.3, 0.4) is 0 Å². The van der Waals surface area contributed by atoms with E-state index in [1.165, 1.54) is 0 Å². The third kappa shape index (κ3) is 6.01. The van der Waals surface area contributed by atoms with Crippen molar-refractivity contribution in [2.75, 3.05) is 19.6 Å². The second kappa shape index (κ2) is 7.53. The molecular weight excluding hydrogens is 246 g/mol. The van der Waals surface area contributed by atoms with Crippen LogP contribution in [0.4, 0.5) is 0 Å². The number of carboxylic acid groups (broad SMARTS) is 2. The summed E-state index contributed by atoms with van der Waals surface area (Å²) in [6.07, 6.45) is 0.709. The van der Waals surface area contributed by atoms with E-state index in [4.69, 9.17) is 10.2 Å². The molecule has 1 unspecified atom stereocenters. The van der Waals surface area contributed by atoms with Crippen molar-refractivity contribution in [3.8, 4) is 0 Å². The van der Waals surface area contributed by atoms with Crippen LogP contribution in [0.15, 0.2) is 30.3 Å². The topological polar surface area (TPSA) is 77.8 Å². The van der Waals surface area contributed by atoms with Gasteiger partial charge in [0.05, 0.1) is 12.5 Å². The highest BCUT2D eigenvalue weighted by Crippen LogP contribution is 2.05. The highest BCUT2D eigenvalue weighted by molar-refractivity contribution is 5.71. The van der Waals surface area contributed by atoms with Gasteiger partial charge in [0.1, 0.15) is 0 Å². The minimum absolute atomic E-state index is 0.134. The lowest BCUT2D eigenvalue weighted by Crippen LogP contribution is -2.37. The third-order valence-corrected chi connectivity index (χ3v) is 2.87. The third-order valence-electron chi connectivity index (χ3n) is 2.87. The standard InChI is InChI=1S/C14H19NO4/c1-11(14(18)19)9-15(10-13(16)17)8-7-12-5-3-2-4-6-12/h2-6,11H,7-10H2,1H3,(H,16,17)(H,18,19). The summed E-state index contributed by atoms with van der Waals surface area (Å²) in [7, 11) is 0. The van der Waals surface area contributed by atoms with Gasteiger partial charge in [-0.25, -0.2) is 0 Å². The van der Waals surface area contributed by atoms with Gasteiger partial charge in [-0.05, 0) is 12.0 Å². The SMILES string of the molecule is CC(CN(CCc1ccccc1)CC(=O)O)C(=O)O. The molecule has 0 bridgehead atoms. The number of aliphatic carboxylic acids is 2. The van der Waals surface area contributed by atoms with Crippen LogP contribution >= 0.6 is 0 Å². The molecular formula is C14H19NO4. The van der Waals surface area contributed by atoms with Gasteiger partial charge in [-0.15, -0.1) is 0 Å². The molecule has 104 valence electrons. The Morgan fingerprint density at radius 1 is 1.21 bits per heavy atom. The Morgan fingerprint density at radius 3 is 2.37 bits per heavy atom. The highest BCUT2D eigenvalue weighted by atomic mass is 16.4. The van der Waals surface area contributed by atoms with Gasteiger partial charge < -0.3 is 10.2 Å². The average Bonchev–Trinajstić information content (AvgIpc) is 2.36. The van der Waals surface area contributed by atoms with Gasteiger partial charge >= 0.3 is 11.9 Å². The predicted octanol–water partition coefficient (Wildman–Crippen LogP) is 1.34. The van der Waals surface area contributed by atoms with Gasteiger partial charge in [0, 0.05) is 13.1 Å². The van der Waals surface area contributed by atoms with Crippen molar-refractivity contribution in [2.45, 2.75) is 13.3 Å². The predicted molar refractivity (Wildman–Crippen MR) is 71.0 cm³/mol. The van der Waals surface area contributed by atoms with E-state index < -0.39 is 17.9 Å². The van der Waals surface area contributed by atoms with Gasteiger partial charge in [-0.3, -0.25) is 14.5 Å². The van der Waals surface area contributed by atoms with Gasteiger partial charge in [-0.2, -0.15) is 0 Å². The highest BCUT2D eigenvalue weighted by Gasteiger charge is 2.17. The first-order valence-corrected chi connectivity index (χ1v) is 6.20. The van der Waals surface area contributed by atoms with E-state index in [2.05, 4.69) is 0 Å². The molecule has 0 aliphatic carbocycles. The van der Waals surface area contributed by atoms with E-state index >= 15 is 0 Å². The number of nitrogens with zero attached hydrogens (tertiary/aromatic N) is 1. The quantitative estimate of drug-likeness (QED) is 0.741. The summed E-state index contributed by atoms with van der Waals surface area (Å²) in [5, 5.41) is 17.7. The second-order valence-corrected chi connectivity index (χ2v) is 4.60. The van der Waals surface area contributed by atoms with E-state index in [0.29, 0.717) is 13.0 Å². The molecule has 0 saturated carbocycles. The molecule has 0 aromatic heterocycles. The number of hydrogen-bond donors (Lipinski definition) is 2. The van der Waals surface area contributed by atoms with E-state index in [1.54, 1.807) is 11.8 Å². The molecule has 0 saturated heterocycles. The number of carbonyl (C=O) groups is 2. The maximum Gasteiger partial charge on any atom is 0.317 e. The Kier molecular flexibility index (Phi) is 6.02. The molecule has 0 radical (unpaired) electrons. The molecule has 2 N–H and O–H groups in total. The summed E-state index contributed by atoms with van der Waals surface area (Å²) in [5.74, 6) is -2.42. The van der Waals surface area contributed by atoms with Crippen molar-refractivity contribution in [1.29, 1.82) is 0 Å². The molecule has 1 aromatic rings. The monoisotopic (exact) mass is 265 g/mol. The molecule has 5 nitrogen and oxygen atoms in total. The van der Waals surface area contributed by atoms with Crippen LogP contribution in [0.5, 0.6) is 0 Å². The molecule has 0 amide bonds. The van der Waals surface area contributed by atoms with E-state index in [-0.39, 0.29) is 13.1 Å². The van der Waals surface area contributed by atoms with Crippen LogP contribution in [0.25, 0.3) is 0 Å². The average molecular weight is 265 g/mol. The summed E-state index contributed by atoms with van der Waals surface area (Å²) in [4.78, 5) is 23.3. The zero-order chi connectivity index (χ0) is 14.3. The lowest BCUT2D eigenvalue weighted by molar-refractivity contribution is -0.144. The Morgan fingerprint density at radius 2 is 1.84 bits per heavy atom. The first kappa shape index (κ1) is 15.2. The molecule has 0 heterocycles. The summed E-state index contributed by atoms with van der Waals surface area (Å²) >= 11 is 0. The zero-order valence-corrected chi connectivity index (χ0v) is 11.0. The van der Waals surface area contributed by atoms with Gasteiger partial charge in [0.25, 0.3) is 0 Å².